The third-order valence-corrected chi connectivity index (χ3v) is 6.76. The van der Waals surface area contributed by atoms with Gasteiger partial charge in [0.1, 0.15) is 6.33 Å². The van der Waals surface area contributed by atoms with E-state index in [1.165, 1.54) is 17.5 Å². The summed E-state index contributed by atoms with van der Waals surface area (Å²) < 4.78 is 7.07. The minimum atomic E-state index is -0.305. The predicted octanol–water partition coefficient (Wildman–Crippen LogP) is 4.28. The number of carbonyl (C=O) groups excluding carboxylic acids is 1. The van der Waals surface area contributed by atoms with E-state index in [9.17, 15) is 4.79 Å². The van der Waals surface area contributed by atoms with E-state index in [0.717, 1.165) is 37.3 Å². The van der Waals surface area contributed by atoms with Gasteiger partial charge in [-0.25, -0.2) is 9.97 Å². The summed E-state index contributed by atoms with van der Waals surface area (Å²) in [6.45, 7) is 10.7. The molecule has 11 heteroatoms. The Kier molecular flexibility index (Phi) is 7.02. The maximum Gasteiger partial charge on any atom is 0.238 e. The normalized spacial score (nSPS) is 16.2. The first-order valence-corrected chi connectivity index (χ1v) is 12.9. The summed E-state index contributed by atoms with van der Waals surface area (Å²) >= 11 is 0. The Labute approximate surface area is 221 Å². The molecule has 0 aliphatic carbocycles. The van der Waals surface area contributed by atoms with Crippen LogP contribution in [0.1, 0.15) is 74.1 Å². The zero-order chi connectivity index (χ0) is 26.9. The number of carbonyl (C=O) groups is 1. The highest BCUT2D eigenvalue weighted by Crippen LogP contribution is 2.34. The van der Waals surface area contributed by atoms with E-state index in [4.69, 9.17) is 4.52 Å². The van der Waals surface area contributed by atoms with Gasteiger partial charge in [0.25, 0.3) is 0 Å². The third-order valence-electron chi connectivity index (χ3n) is 6.76. The number of benzene rings is 1. The molecular weight excluding hydrogens is 482 g/mol. The van der Waals surface area contributed by atoms with E-state index < -0.39 is 0 Å². The molecule has 0 saturated heterocycles. The summed E-state index contributed by atoms with van der Waals surface area (Å²) in [5.41, 5.74) is 3.73. The molecule has 198 valence electrons. The van der Waals surface area contributed by atoms with Gasteiger partial charge in [0.2, 0.25) is 23.4 Å². The molecule has 1 atom stereocenters. The Morgan fingerprint density at radius 1 is 1.21 bits per heavy atom. The van der Waals surface area contributed by atoms with E-state index in [1.807, 2.05) is 40.1 Å². The van der Waals surface area contributed by atoms with Crippen LogP contribution in [0.15, 0.2) is 41.4 Å². The lowest BCUT2D eigenvalue weighted by Crippen LogP contribution is -2.22. The van der Waals surface area contributed by atoms with Gasteiger partial charge in [-0.2, -0.15) is 15.1 Å². The van der Waals surface area contributed by atoms with Crippen molar-refractivity contribution in [2.24, 2.45) is 7.05 Å². The number of hydrogen-bond acceptors (Lipinski definition) is 10. The number of nitrogens with one attached hydrogen (secondary N) is 1. The molecule has 3 aromatic heterocycles. The summed E-state index contributed by atoms with van der Waals surface area (Å²) in [6.07, 6.45) is 6.28. The summed E-state index contributed by atoms with van der Waals surface area (Å²) in [5.74, 6) is 1.61. The standard InChI is InChI=1S/C27H33N9O2/c1-6-36-10-9-17(12-22(37)24-32-25(38-34-24)27(2,3)4)21-8-7-18(11-19(21)14-36)23-28-16-29-26(33-23)31-20-13-30-35(5)15-20/h7-8,11,13,15-17H,6,9-10,12,14H2,1-5H3,(H,28,29,31,33)/t17-/m0/s1. The van der Waals surface area contributed by atoms with Crippen LogP contribution in [0, 0.1) is 0 Å². The fraction of sp³-hybridized carbons (Fsp3) is 0.444. The van der Waals surface area contributed by atoms with Gasteiger partial charge < -0.3 is 9.84 Å². The average Bonchev–Trinajstić information content (AvgIpc) is 3.51. The molecule has 38 heavy (non-hydrogen) atoms. The van der Waals surface area contributed by atoms with Crippen LogP contribution in [0.2, 0.25) is 0 Å². The topological polar surface area (TPSA) is 128 Å². The lowest BCUT2D eigenvalue weighted by Gasteiger charge is -2.18. The number of Topliss-reactive ketones (excluding diaryl/α,β-unsaturated/α-hetero) is 1. The fourth-order valence-corrected chi connectivity index (χ4v) is 4.64. The van der Waals surface area contributed by atoms with E-state index >= 15 is 0 Å². The molecular formula is C27H33N9O2. The Morgan fingerprint density at radius 3 is 2.76 bits per heavy atom. The van der Waals surface area contributed by atoms with Crippen LogP contribution in [0.5, 0.6) is 0 Å². The first-order valence-electron chi connectivity index (χ1n) is 12.9. The molecule has 4 heterocycles. The lowest BCUT2D eigenvalue weighted by atomic mass is 9.87. The molecule has 1 aromatic carbocycles. The molecule has 1 aliphatic heterocycles. The van der Waals surface area contributed by atoms with Crippen LogP contribution in [-0.4, -0.2) is 58.6 Å². The van der Waals surface area contributed by atoms with Crippen LogP contribution in [0.25, 0.3) is 11.4 Å². The van der Waals surface area contributed by atoms with Crippen molar-refractivity contribution in [1.82, 2.24) is 39.8 Å². The van der Waals surface area contributed by atoms with E-state index in [0.29, 0.717) is 24.1 Å². The molecule has 4 aromatic rings. The lowest BCUT2D eigenvalue weighted by molar-refractivity contribution is 0.0958. The van der Waals surface area contributed by atoms with Crippen molar-refractivity contribution in [3.05, 3.63) is 59.8 Å². The Bertz CT molecular complexity index is 1440. The highest BCUT2D eigenvalue weighted by molar-refractivity contribution is 5.93. The van der Waals surface area contributed by atoms with Crippen molar-refractivity contribution in [3.8, 4) is 11.4 Å². The van der Waals surface area contributed by atoms with Gasteiger partial charge >= 0.3 is 0 Å². The molecule has 5 rings (SSSR count). The summed E-state index contributed by atoms with van der Waals surface area (Å²) in [7, 11) is 1.85. The number of nitrogens with zero attached hydrogens (tertiary/aromatic N) is 8. The van der Waals surface area contributed by atoms with Gasteiger partial charge in [-0.05, 0) is 42.6 Å². The van der Waals surface area contributed by atoms with Gasteiger partial charge in [-0.3, -0.25) is 14.4 Å². The number of anilines is 2. The smallest absolute Gasteiger partial charge is 0.238 e. The highest BCUT2D eigenvalue weighted by Gasteiger charge is 2.28. The number of rotatable bonds is 7. The van der Waals surface area contributed by atoms with Crippen molar-refractivity contribution in [2.45, 2.75) is 58.4 Å². The quantitative estimate of drug-likeness (QED) is 0.356. The van der Waals surface area contributed by atoms with Crippen molar-refractivity contribution in [1.29, 1.82) is 0 Å². The molecule has 0 saturated carbocycles. The maximum atomic E-state index is 13.2. The molecule has 1 aliphatic rings. The summed E-state index contributed by atoms with van der Waals surface area (Å²) in [4.78, 5) is 33.2. The van der Waals surface area contributed by atoms with Gasteiger partial charge in [0.05, 0.1) is 11.9 Å². The molecule has 1 N–H and O–H groups in total. The van der Waals surface area contributed by atoms with Crippen molar-refractivity contribution in [3.63, 3.8) is 0 Å². The second-order valence-electron chi connectivity index (χ2n) is 10.7. The average molecular weight is 516 g/mol. The van der Waals surface area contributed by atoms with Crippen molar-refractivity contribution >= 4 is 17.4 Å². The Hall–Kier alpha value is -3.99. The van der Waals surface area contributed by atoms with Crippen LogP contribution in [0.4, 0.5) is 11.6 Å². The van der Waals surface area contributed by atoms with Crippen LogP contribution >= 0.6 is 0 Å². The SMILES string of the molecule is CCN1CC[C@@H](CC(=O)c2noc(C(C)(C)C)n2)c2ccc(-c3ncnc(Nc4cnn(C)c4)n3)cc2C1. The molecule has 0 radical (unpaired) electrons. The highest BCUT2D eigenvalue weighted by atomic mass is 16.5. The van der Waals surface area contributed by atoms with Crippen LogP contribution in [0.3, 0.4) is 0 Å². The zero-order valence-electron chi connectivity index (χ0n) is 22.5. The molecule has 0 amide bonds. The molecule has 0 unspecified atom stereocenters. The Balaban J connectivity index is 1.40. The molecule has 0 bridgehead atoms. The minimum absolute atomic E-state index is 0.0563. The van der Waals surface area contributed by atoms with Crippen LogP contribution < -0.4 is 5.32 Å². The number of aryl methyl sites for hydroxylation is 1. The predicted molar refractivity (Wildman–Crippen MR) is 142 cm³/mol. The number of hydrogen-bond donors (Lipinski definition) is 1. The number of ketones is 1. The first-order chi connectivity index (χ1) is 18.2. The van der Waals surface area contributed by atoms with Crippen molar-refractivity contribution < 1.29 is 9.32 Å². The summed E-state index contributed by atoms with van der Waals surface area (Å²) in [5, 5.41) is 11.3. The van der Waals surface area contributed by atoms with E-state index in [1.54, 1.807) is 10.9 Å². The van der Waals surface area contributed by atoms with Gasteiger partial charge in [-0.15, -0.1) is 0 Å². The maximum absolute atomic E-state index is 13.2. The second kappa shape index (κ2) is 10.4. The zero-order valence-corrected chi connectivity index (χ0v) is 22.5. The molecule has 11 nitrogen and oxygen atoms in total. The molecule has 0 spiro atoms. The van der Waals surface area contributed by atoms with Gasteiger partial charge in [0, 0.05) is 37.2 Å². The third kappa shape index (κ3) is 5.62. The van der Waals surface area contributed by atoms with Crippen molar-refractivity contribution in [2.75, 3.05) is 18.4 Å². The minimum Gasteiger partial charge on any atom is -0.338 e. The Morgan fingerprint density at radius 2 is 2.05 bits per heavy atom. The summed E-state index contributed by atoms with van der Waals surface area (Å²) in [6, 6.07) is 6.26. The van der Waals surface area contributed by atoms with Gasteiger partial charge in [0.15, 0.2) is 5.82 Å². The monoisotopic (exact) mass is 515 g/mol. The molecule has 0 fully saturated rings. The largest absolute Gasteiger partial charge is 0.338 e. The fourth-order valence-electron chi connectivity index (χ4n) is 4.64. The van der Waals surface area contributed by atoms with E-state index in [-0.39, 0.29) is 22.9 Å². The number of aromatic nitrogens is 7. The van der Waals surface area contributed by atoms with Gasteiger partial charge in [-0.1, -0.05) is 45.0 Å². The second-order valence-corrected chi connectivity index (χ2v) is 10.7. The van der Waals surface area contributed by atoms with E-state index in [2.05, 4.69) is 59.5 Å². The number of fused-ring (bicyclic) bond motifs is 1. The van der Waals surface area contributed by atoms with Crippen LogP contribution in [-0.2, 0) is 19.0 Å². The first kappa shape index (κ1) is 25.7.